The first-order chi connectivity index (χ1) is 3.39. The minimum atomic E-state index is 0.194. The van der Waals surface area contributed by atoms with Crippen LogP contribution in [-0.4, -0.2) is 10.2 Å². The average Bonchev–Trinajstić information content (AvgIpc) is 1.69. The van der Waals surface area contributed by atoms with Gasteiger partial charge in [-0.3, -0.25) is 0 Å². The highest BCUT2D eigenvalue weighted by atomic mass is 16.5. The summed E-state index contributed by atoms with van der Waals surface area (Å²) in [4.78, 5) is 0.194. The van der Waals surface area contributed by atoms with Gasteiger partial charge in [-0.1, -0.05) is 0 Å². The summed E-state index contributed by atoms with van der Waals surface area (Å²) in [5.41, 5.74) is 0. The summed E-state index contributed by atoms with van der Waals surface area (Å²) >= 11 is 0. The van der Waals surface area contributed by atoms with Gasteiger partial charge in [0.05, 0.1) is 4.96 Å². The molecule has 0 aliphatic carbocycles. The van der Waals surface area contributed by atoms with Crippen LogP contribution < -0.4 is 4.96 Å². The molecule has 1 aromatic heterocycles. The monoisotopic (exact) mass is 96.0 g/mol. The first-order valence-electron chi connectivity index (χ1n) is 1.69. The Labute approximate surface area is 40.0 Å². The average molecular weight is 96.1 g/mol. The highest BCUT2D eigenvalue weighted by Gasteiger charge is 1.80. The summed E-state index contributed by atoms with van der Waals surface area (Å²) < 4.78 is 0. The summed E-state index contributed by atoms with van der Waals surface area (Å²) in [5, 5.41) is 16.2. The maximum absolute atomic E-state index is 9.93. The van der Waals surface area contributed by atoms with E-state index in [9.17, 15) is 5.21 Å². The van der Waals surface area contributed by atoms with Crippen LogP contribution in [-0.2, 0) is 0 Å². The van der Waals surface area contributed by atoms with Gasteiger partial charge in [0.2, 0.25) is 0 Å². The summed E-state index contributed by atoms with van der Waals surface area (Å²) in [6.45, 7) is 0. The van der Waals surface area contributed by atoms with Gasteiger partial charge in [-0.25, -0.2) is 0 Å². The molecule has 0 N–H and O–H groups in total. The van der Waals surface area contributed by atoms with Gasteiger partial charge in [-0.2, -0.15) is 0 Å². The molecule has 0 aliphatic rings. The van der Waals surface area contributed by atoms with E-state index in [1.807, 2.05) is 0 Å². The van der Waals surface area contributed by atoms with Crippen molar-refractivity contribution in [1.82, 2.24) is 10.2 Å². The Morgan fingerprint density at radius 1 is 1.71 bits per heavy atom. The van der Waals surface area contributed by atoms with Crippen LogP contribution in [0, 0.1) is 11.4 Å². The fourth-order valence-corrected chi connectivity index (χ4v) is 0.232. The van der Waals surface area contributed by atoms with Crippen LogP contribution in [0.25, 0.3) is 0 Å². The van der Waals surface area contributed by atoms with E-state index < -0.39 is 0 Å². The molecule has 1 heterocycles. The minimum absolute atomic E-state index is 0.194. The van der Waals surface area contributed by atoms with Gasteiger partial charge in [-0.05, 0) is 6.07 Å². The molecule has 0 saturated carbocycles. The lowest BCUT2D eigenvalue weighted by molar-refractivity contribution is -0.728. The normalized spacial score (nSPS) is 8.57. The Bertz CT molecular complexity index is 140. The van der Waals surface area contributed by atoms with Crippen molar-refractivity contribution in [1.29, 1.82) is 0 Å². The largest absolute Gasteiger partial charge is 0.569 e. The van der Waals surface area contributed by atoms with Crippen molar-refractivity contribution in [2.75, 3.05) is 0 Å². The van der Waals surface area contributed by atoms with Crippen molar-refractivity contribution in [2.45, 2.75) is 0 Å². The smallest absolute Gasteiger partial charge is 0.168 e. The van der Waals surface area contributed by atoms with Crippen LogP contribution >= 0.6 is 0 Å². The van der Waals surface area contributed by atoms with Gasteiger partial charge >= 0.3 is 0 Å². The molecule has 4 nitrogen and oxygen atoms in total. The molecule has 0 atom stereocenters. The van der Waals surface area contributed by atoms with Gasteiger partial charge in [-0.15, -0.1) is 0 Å². The standard InChI is InChI=1S/C3H2N3O/c7-6-4-2-1-3-5-6/h1-2H. The van der Waals surface area contributed by atoms with Crippen LogP contribution in [0.15, 0.2) is 12.3 Å². The highest BCUT2D eigenvalue weighted by Crippen LogP contribution is 1.59. The molecular formula is C3H2N3O. The molecule has 1 aromatic rings. The van der Waals surface area contributed by atoms with Crippen molar-refractivity contribution >= 4 is 0 Å². The summed E-state index contributed by atoms with van der Waals surface area (Å²) in [6.07, 6.45) is 3.62. The van der Waals surface area contributed by atoms with Crippen LogP contribution in [0.3, 0.4) is 0 Å². The summed E-state index contributed by atoms with van der Waals surface area (Å²) in [7, 11) is 0. The lowest BCUT2D eigenvalue weighted by Crippen LogP contribution is -2.34. The molecule has 0 bridgehead atoms. The van der Waals surface area contributed by atoms with Crippen molar-refractivity contribution in [3.8, 4) is 0 Å². The van der Waals surface area contributed by atoms with Crippen LogP contribution in [0.2, 0.25) is 0 Å². The van der Waals surface area contributed by atoms with E-state index in [1.54, 1.807) is 0 Å². The molecule has 0 amide bonds. The summed E-state index contributed by atoms with van der Waals surface area (Å²) in [6, 6.07) is 1.45. The molecule has 0 aromatic carbocycles. The van der Waals surface area contributed by atoms with Gasteiger partial charge in [0.25, 0.3) is 0 Å². The second-order valence-electron chi connectivity index (χ2n) is 0.913. The highest BCUT2D eigenvalue weighted by molar-refractivity contribution is 4.65. The van der Waals surface area contributed by atoms with E-state index >= 15 is 0 Å². The zero-order chi connectivity index (χ0) is 5.11. The predicted molar refractivity (Wildman–Crippen MR) is 19.8 cm³/mol. The molecule has 1 rings (SSSR count). The van der Waals surface area contributed by atoms with Crippen LogP contribution in [0.5, 0.6) is 0 Å². The Hall–Kier alpha value is -1.19. The fourth-order valence-electron chi connectivity index (χ4n) is 0.232. The van der Waals surface area contributed by atoms with Crippen molar-refractivity contribution < 1.29 is 4.96 Å². The molecule has 4 heteroatoms. The number of nitrogens with zero attached hydrogens (tertiary/aromatic N) is 3. The first-order valence-corrected chi connectivity index (χ1v) is 1.69. The second kappa shape index (κ2) is 1.51. The zero-order valence-electron chi connectivity index (χ0n) is 3.40. The first kappa shape index (κ1) is 3.98. The van der Waals surface area contributed by atoms with Gasteiger partial charge < -0.3 is 5.21 Å². The minimum Gasteiger partial charge on any atom is -0.569 e. The molecule has 0 aliphatic heterocycles. The van der Waals surface area contributed by atoms with Gasteiger partial charge in [0, 0.05) is 10.2 Å². The third-order valence-electron chi connectivity index (χ3n) is 0.458. The van der Waals surface area contributed by atoms with Crippen molar-refractivity contribution in [2.24, 2.45) is 0 Å². The Balaban J connectivity index is 3.02. The van der Waals surface area contributed by atoms with E-state index in [-0.39, 0.29) is 4.96 Å². The third-order valence-corrected chi connectivity index (χ3v) is 0.458. The number of hydrogen-bond acceptors (Lipinski definition) is 3. The molecule has 0 spiro atoms. The lowest BCUT2D eigenvalue weighted by atomic mass is 10.7. The zero-order valence-corrected chi connectivity index (χ0v) is 3.40. The molecule has 0 fully saturated rings. The van der Waals surface area contributed by atoms with Crippen LogP contribution in [0.4, 0.5) is 0 Å². The molecular weight excluding hydrogens is 94.1 g/mol. The third kappa shape index (κ3) is 0.819. The molecule has 7 heavy (non-hydrogen) atoms. The van der Waals surface area contributed by atoms with Gasteiger partial charge in [0.15, 0.2) is 6.20 Å². The van der Waals surface area contributed by atoms with Crippen LogP contribution in [0.1, 0.15) is 0 Å². The Kier molecular flexibility index (Phi) is 0.856. The molecule has 1 radical (unpaired) electrons. The van der Waals surface area contributed by atoms with Gasteiger partial charge in [0.1, 0.15) is 6.20 Å². The number of hydrogen-bond donors (Lipinski definition) is 0. The maximum Gasteiger partial charge on any atom is 0.168 e. The van der Waals surface area contributed by atoms with E-state index in [1.165, 1.54) is 12.3 Å². The second-order valence-corrected chi connectivity index (χ2v) is 0.913. The summed E-state index contributed by atoms with van der Waals surface area (Å²) in [5.74, 6) is 0. The van der Waals surface area contributed by atoms with Crippen molar-refractivity contribution in [3.05, 3.63) is 23.7 Å². The van der Waals surface area contributed by atoms with Crippen molar-refractivity contribution in [3.63, 3.8) is 0 Å². The number of rotatable bonds is 0. The SMILES string of the molecule is [O-][n+]1n[c]ccn1. The van der Waals surface area contributed by atoms with E-state index in [2.05, 4.69) is 16.4 Å². The topological polar surface area (TPSA) is 52.7 Å². The van der Waals surface area contributed by atoms with E-state index in [4.69, 9.17) is 0 Å². The predicted octanol–water partition coefficient (Wildman–Crippen LogP) is -1.09. The maximum atomic E-state index is 9.93. The van der Waals surface area contributed by atoms with E-state index in [0.29, 0.717) is 0 Å². The molecule has 0 saturated heterocycles. The lowest BCUT2D eigenvalue weighted by Gasteiger charge is -1.79. The Morgan fingerprint density at radius 3 is 2.86 bits per heavy atom. The molecule has 35 valence electrons. The molecule has 0 unspecified atom stereocenters. The number of aromatic nitrogens is 3. The fraction of sp³-hybridized carbons (Fsp3) is 0. The van der Waals surface area contributed by atoms with E-state index in [0.717, 1.165) is 0 Å². The Morgan fingerprint density at radius 2 is 2.57 bits per heavy atom. The quantitative estimate of drug-likeness (QED) is 0.304.